The van der Waals surface area contributed by atoms with Gasteiger partial charge in [0.15, 0.2) is 4.34 Å². The SMILES string of the molecule is C\C=C/C=c1/sc(SC)n/c1=C/C. The van der Waals surface area contributed by atoms with Gasteiger partial charge < -0.3 is 0 Å². The van der Waals surface area contributed by atoms with Crippen LogP contribution in [0.1, 0.15) is 13.8 Å². The Labute approximate surface area is 86.9 Å². The van der Waals surface area contributed by atoms with Crippen LogP contribution in [-0.2, 0) is 0 Å². The molecule has 0 fully saturated rings. The molecule has 1 aromatic heterocycles. The third-order valence-electron chi connectivity index (χ3n) is 1.55. The second-order valence-electron chi connectivity index (χ2n) is 2.41. The Balaban J connectivity index is 3.28. The Kier molecular flexibility index (Phi) is 4.25. The summed E-state index contributed by atoms with van der Waals surface area (Å²) < 4.78 is 2.37. The first-order valence-corrected chi connectivity index (χ1v) is 6.16. The maximum atomic E-state index is 4.46. The predicted molar refractivity (Wildman–Crippen MR) is 62.6 cm³/mol. The lowest BCUT2D eigenvalue weighted by atomic mass is 10.4. The highest BCUT2D eigenvalue weighted by molar-refractivity contribution is 8.00. The Morgan fingerprint density at radius 3 is 2.69 bits per heavy atom. The van der Waals surface area contributed by atoms with Crippen molar-refractivity contribution in [2.45, 2.75) is 18.2 Å². The van der Waals surface area contributed by atoms with Crippen molar-refractivity contribution in [3.63, 3.8) is 0 Å². The van der Waals surface area contributed by atoms with Crippen molar-refractivity contribution in [2.24, 2.45) is 0 Å². The van der Waals surface area contributed by atoms with Gasteiger partial charge in [0.2, 0.25) is 0 Å². The van der Waals surface area contributed by atoms with E-state index in [2.05, 4.69) is 17.3 Å². The highest BCUT2D eigenvalue weighted by Gasteiger charge is 1.95. The van der Waals surface area contributed by atoms with E-state index in [0.29, 0.717) is 0 Å². The molecule has 1 aromatic rings. The monoisotopic (exact) mass is 211 g/mol. The van der Waals surface area contributed by atoms with E-state index in [1.807, 2.05) is 32.1 Å². The van der Waals surface area contributed by atoms with Gasteiger partial charge in [0.1, 0.15) is 0 Å². The maximum absolute atomic E-state index is 4.46. The fourth-order valence-corrected chi connectivity index (χ4v) is 2.46. The van der Waals surface area contributed by atoms with Crippen LogP contribution < -0.4 is 9.88 Å². The van der Waals surface area contributed by atoms with Gasteiger partial charge in [-0.15, -0.1) is 11.3 Å². The summed E-state index contributed by atoms with van der Waals surface area (Å²) in [6.07, 6.45) is 10.3. The second kappa shape index (κ2) is 5.25. The Morgan fingerprint density at radius 2 is 2.15 bits per heavy atom. The topological polar surface area (TPSA) is 12.9 Å². The average molecular weight is 211 g/mol. The Morgan fingerprint density at radius 1 is 1.38 bits per heavy atom. The van der Waals surface area contributed by atoms with Crippen LogP contribution in [0.25, 0.3) is 12.2 Å². The van der Waals surface area contributed by atoms with Gasteiger partial charge in [-0.3, -0.25) is 0 Å². The molecule has 0 aromatic carbocycles. The van der Waals surface area contributed by atoms with Crippen molar-refractivity contribution in [1.29, 1.82) is 0 Å². The molecule has 0 amide bonds. The first kappa shape index (κ1) is 10.5. The predicted octanol–water partition coefficient (Wildman–Crippen LogP) is 2.02. The number of thioether (sulfide) groups is 1. The standard InChI is InChI=1S/C10H13NS2/c1-4-6-7-9-8(5-2)11-10(12-3)13-9/h4-7H,1-3H3/b6-4-,8-5+,9-7+. The number of nitrogens with zero attached hydrogens (tertiary/aromatic N) is 1. The maximum Gasteiger partial charge on any atom is 0.150 e. The summed E-state index contributed by atoms with van der Waals surface area (Å²) in [5.41, 5.74) is 0. The fraction of sp³-hybridized carbons (Fsp3) is 0.300. The van der Waals surface area contributed by atoms with Crippen molar-refractivity contribution in [3.8, 4) is 0 Å². The van der Waals surface area contributed by atoms with Crippen LogP contribution >= 0.6 is 23.1 Å². The molecule has 3 heteroatoms. The smallest absolute Gasteiger partial charge is 0.150 e. The van der Waals surface area contributed by atoms with Crippen molar-refractivity contribution in [2.75, 3.05) is 6.26 Å². The van der Waals surface area contributed by atoms with Crippen LogP contribution in [0.4, 0.5) is 0 Å². The molecule has 0 unspecified atom stereocenters. The molecule has 0 bridgehead atoms. The summed E-state index contributed by atoms with van der Waals surface area (Å²) in [4.78, 5) is 4.46. The van der Waals surface area contributed by atoms with E-state index in [-0.39, 0.29) is 0 Å². The lowest BCUT2D eigenvalue weighted by Gasteiger charge is -1.78. The normalized spacial score (nSPS) is 14.7. The Bertz CT molecular complexity index is 401. The lowest BCUT2D eigenvalue weighted by molar-refractivity contribution is 1.19. The van der Waals surface area contributed by atoms with Gasteiger partial charge in [-0.2, -0.15) is 0 Å². The molecule has 0 saturated heterocycles. The molecule has 1 nitrogen and oxygen atoms in total. The van der Waals surface area contributed by atoms with Crippen LogP contribution in [0, 0.1) is 0 Å². The van der Waals surface area contributed by atoms with Crippen molar-refractivity contribution < 1.29 is 0 Å². The minimum absolute atomic E-state index is 1.09. The largest absolute Gasteiger partial charge is 0.230 e. The molecule has 0 spiro atoms. The number of thiazole rings is 1. The van der Waals surface area contributed by atoms with Gasteiger partial charge in [0.05, 0.1) is 9.88 Å². The Hall–Kier alpha value is -0.540. The molecule has 0 radical (unpaired) electrons. The van der Waals surface area contributed by atoms with Gasteiger partial charge in [-0.1, -0.05) is 30.0 Å². The molecule has 1 rings (SSSR count). The van der Waals surface area contributed by atoms with Gasteiger partial charge >= 0.3 is 0 Å². The number of aromatic nitrogens is 1. The first-order chi connectivity index (χ1) is 6.31. The van der Waals surface area contributed by atoms with Gasteiger partial charge in [0, 0.05) is 0 Å². The van der Waals surface area contributed by atoms with Crippen molar-refractivity contribution in [1.82, 2.24) is 4.98 Å². The molecule has 1 heterocycles. The first-order valence-electron chi connectivity index (χ1n) is 4.12. The third kappa shape index (κ3) is 2.71. The summed E-state index contributed by atoms with van der Waals surface area (Å²) in [6.45, 7) is 4.04. The molecule has 70 valence electrons. The molecule has 0 aliphatic heterocycles. The number of allylic oxidation sites excluding steroid dienone is 2. The zero-order valence-electron chi connectivity index (χ0n) is 8.07. The van der Waals surface area contributed by atoms with E-state index in [9.17, 15) is 0 Å². The second-order valence-corrected chi connectivity index (χ2v) is 4.50. The van der Waals surface area contributed by atoms with Crippen LogP contribution in [0.2, 0.25) is 0 Å². The summed E-state index contributed by atoms with van der Waals surface area (Å²) in [7, 11) is 0. The van der Waals surface area contributed by atoms with Gasteiger partial charge in [-0.05, 0) is 26.2 Å². The summed E-state index contributed by atoms with van der Waals surface area (Å²) in [5.74, 6) is 0. The number of hydrogen-bond donors (Lipinski definition) is 0. The minimum Gasteiger partial charge on any atom is -0.230 e. The van der Waals surface area contributed by atoms with E-state index in [0.717, 1.165) is 9.69 Å². The fourth-order valence-electron chi connectivity index (χ4n) is 0.920. The van der Waals surface area contributed by atoms with Gasteiger partial charge in [-0.25, -0.2) is 4.98 Å². The highest BCUT2D eigenvalue weighted by Crippen LogP contribution is 2.11. The van der Waals surface area contributed by atoms with Crippen LogP contribution in [0.3, 0.4) is 0 Å². The number of rotatable bonds is 2. The lowest BCUT2D eigenvalue weighted by Crippen LogP contribution is -2.19. The quantitative estimate of drug-likeness (QED) is 0.694. The molecule has 0 aliphatic carbocycles. The zero-order chi connectivity index (χ0) is 9.68. The van der Waals surface area contributed by atoms with Crippen LogP contribution in [-0.4, -0.2) is 11.2 Å². The van der Waals surface area contributed by atoms with E-state index < -0.39 is 0 Å². The molecular formula is C10H13NS2. The van der Waals surface area contributed by atoms with E-state index in [1.165, 1.54) is 4.53 Å². The zero-order valence-corrected chi connectivity index (χ0v) is 9.71. The summed E-state index contributed by atoms with van der Waals surface area (Å²) in [6, 6.07) is 0. The third-order valence-corrected chi connectivity index (χ3v) is 3.57. The van der Waals surface area contributed by atoms with Crippen LogP contribution in [0.15, 0.2) is 16.5 Å². The average Bonchev–Trinajstić information content (AvgIpc) is 2.57. The molecule has 0 N–H and O–H groups in total. The molecule has 0 saturated carbocycles. The highest BCUT2D eigenvalue weighted by atomic mass is 32.2. The number of hydrogen-bond acceptors (Lipinski definition) is 3. The summed E-state index contributed by atoms with van der Waals surface area (Å²) >= 11 is 3.43. The molecule has 0 aliphatic rings. The minimum atomic E-state index is 1.09. The van der Waals surface area contributed by atoms with Crippen LogP contribution in [0.5, 0.6) is 0 Å². The molecule has 13 heavy (non-hydrogen) atoms. The van der Waals surface area contributed by atoms with Crippen molar-refractivity contribution >= 4 is 35.3 Å². The van der Waals surface area contributed by atoms with Crippen molar-refractivity contribution in [3.05, 3.63) is 22.0 Å². The molecular weight excluding hydrogens is 198 g/mol. The van der Waals surface area contributed by atoms with E-state index >= 15 is 0 Å². The summed E-state index contributed by atoms with van der Waals surface area (Å²) in [5, 5.41) is 1.09. The van der Waals surface area contributed by atoms with E-state index in [1.54, 1.807) is 23.1 Å². The molecule has 0 atom stereocenters. The van der Waals surface area contributed by atoms with Gasteiger partial charge in [0.25, 0.3) is 0 Å². The van der Waals surface area contributed by atoms with E-state index in [4.69, 9.17) is 0 Å².